The number of carbonyl (C=O) groups excluding carboxylic acids is 2. The summed E-state index contributed by atoms with van der Waals surface area (Å²) in [6.45, 7) is 34.9. The van der Waals surface area contributed by atoms with Gasteiger partial charge in [-0.25, -0.2) is 0 Å². The van der Waals surface area contributed by atoms with Gasteiger partial charge in [-0.3, -0.25) is 9.59 Å². The molecular formula is C38H73NO6. The maximum absolute atomic E-state index is 13.1. The fraction of sp³-hybridized carbons (Fsp3) is 0.947. The molecular weight excluding hydrogens is 566 g/mol. The van der Waals surface area contributed by atoms with Gasteiger partial charge in [-0.1, -0.05) is 111 Å². The number of esters is 1. The second-order valence-electron chi connectivity index (χ2n) is 19.6. The Labute approximate surface area is 277 Å². The molecule has 0 bridgehead atoms. The van der Waals surface area contributed by atoms with Crippen molar-refractivity contribution in [2.45, 2.75) is 174 Å². The lowest BCUT2D eigenvalue weighted by Crippen LogP contribution is -2.49. The van der Waals surface area contributed by atoms with Crippen molar-refractivity contribution in [3.63, 3.8) is 0 Å². The molecule has 7 heteroatoms. The van der Waals surface area contributed by atoms with E-state index in [1.807, 2.05) is 11.8 Å². The van der Waals surface area contributed by atoms with Crippen LogP contribution in [0.2, 0.25) is 0 Å². The van der Waals surface area contributed by atoms with E-state index in [0.29, 0.717) is 25.7 Å². The lowest BCUT2D eigenvalue weighted by molar-refractivity contribution is -0.156. The second-order valence-corrected chi connectivity index (χ2v) is 19.6. The van der Waals surface area contributed by atoms with Gasteiger partial charge >= 0.3 is 5.97 Å². The number of rotatable bonds is 16. The van der Waals surface area contributed by atoms with Crippen molar-refractivity contribution in [2.75, 3.05) is 19.8 Å². The van der Waals surface area contributed by atoms with E-state index in [9.17, 15) is 19.8 Å². The second kappa shape index (κ2) is 15.4. The third kappa shape index (κ3) is 13.1. The zero-order valence-corrected chi connectivity index (χ0v) is 32.2. The molecule has 1 heterocycles. The van der Waals surface area contributed by atoms with E-state index in [0.717, 1.165) is 19.4 Å². The molecule has 7 nitrogen and oxygen atoms in total. The van der Waals surface area contributed by atoms with Crippen LogP contribution >= 0.6 is 0 Å². The van der Waals surface area contributed by atoms with Gasteiger partial charge in [0.2, 0.25) is 5.91 Å². The summed E-state index contributed by atoms with van der Waals surface area (Å²) < 4.78 is 11.9. The van der Waals surface area contributed by atoms with Crippen molar-refractivity contribution in [3.05, 3.63) is 0 Å². The van der Waals surface area contributed by atoms with Crippen molar-refractivity contribution in [1.29, 1.82) is 0 Å². The number of hydrogen-bond acceptors (Lipinski definition) is 6. The Morgan fingerprint density at radius 1 is 0.800 bits per heavy atom. The molecule has 0 saturated carbocycles. The highest BCUT2D eigenvalue weighted by Crippen LogP contribution is 2.49. The van der Waals surface area contributed by atoms with E-state index in [2.05, 4.69) is 104 Å². The quantitative estimate of drug-likeness (QED) is 0.166. The van der Waals surface area contributed by atoms with E-state index < -0.39 is 12.2 Å². The highest BCUT2D eigenvalue weighted by molar-refractivity contribution is 5.78. The first-order valence-electron chi connectivity index (χ1n) is 17.4. The lowest BCUT2D eigenvalue weighted by atomic mass is 9.59. The minimum absolute atomic E-state index is 0.0164. The van der Waals surface area contributed by atoms with Gasteiger partial charge in [0.25, 0.3) is 0 Å². The summed E-state index contributed by atoms with van der Waals surface area (Å²) in [5, 5.41) is 22.0. The van der Waals surface area contributed by atoms with Crippen molar-refractivity contribution < 1.29 is 29.3 Å². The Morgan fingerprint density at radius 2 is 1.33 bits per heavy atom. The van der Waals surface area contributed by atoms with Crippen LogP contribution in [0.3, 0.4) is 0 Å². The minimum atomic E-state index is -0.947. The van der Waals surface area contributed by atoms with E-state index in [1.54, 1.807) is 0 Å². The zero-order valence-electron chi connectivity index (χ0n) is 32.2. The predicted octanol–water partition coefficient (Wildman–Crippen LogP) is 8.04. The molecule has 5 atom stereocenters. The zero-order chi connectivity index (χ0) is 35.4. The Bertz CT molecular complexity index is 949. The van der Waals surface area contributed by atoms with Crippen molar-refractivity contribution in [1.82, 2.24) is 4.90 Å². The molecule has 1 aliphatic rings. The highest BCUT2D eigenvalue weighted by atomic mass is 16.5. The van der Waals surface area contributed by atoms with Crippen molar-refractivity contribution in [3.8, 4) is 0 Å². The number of amides is 1. The topological polar surface area (TPSA) is 96.3 Å². The molecule has 266 valence electrons. The van der Waals surface area contributed by atoms with Crippen LogP contribution in [-0.4, -0.2) is 71.1 Å². The summed E-state index contributed by atoms with van der Waals surface area (Å²) in [5.41, 5.74) is -1.03. The number of nitrogens with zero attached hydrogens (tertiary/aromatic N) is 1. The fourth-order valence-electron chi connectivity index (χ4n) is 6.62. The molecule has 1 saturated heterocycles. The highest BCUT2D eigenvalue weighted by Gasteiger charge is 2.46. The molecule has 1 rings (SSSR count). The molecule has 0 aliphatic carbocycles. The largest absolute Gasteiger partial charge is 0.463 e. The smallest absolute Gasteiger partial charge is 0.308 e. The Morgan fingerprint density at radius 3 is 1.78 bits per heavy atom. The number of hydrogen-bond donors (Lipinski definition) is 2. The number of aliphatic hydroxyl groups is 2. The summed E-state index contributed by atoms with van der Waals surface area (Å²) in [5.74, 6) is -0.511. The third-order valence-electron chi connectivity index (χ3n) is 10.4. The van der Waals surface area contributed by atoms with E-state index >= 15 is 0 Å². The van der Waals surface area contributed by atoms with Gasteiger partial charge in [0.05, 0.1) is 24.7 Å². The first kappa shape index (κ1) is 41.8. The Hall–Kier alpha value is -1.18. The summed E-state index contributed by atoms with van der Waals surface area (Å²) >= 11 is 0. The Kier molecular flexibility index (Phi) is 14.3. The predicted molar refractivity (Wildman–Crippen MR) is 185 cm³/mol. The van der Waals surface area contributed by atoms with Crippen LogP contribution in [0.25, 0.3) is 0 Å². The van der Waals surface area contributed by atoms with Gasteiger partial charge in [-0.2, -0.15) is 0 Å². The van der Waals surface area contributed by atoms with Gasteiger partial charge < -0.3 is 24.6 Å². The normalized spacial score (nSPS) is 19.3. The molecule has 1 fully saturated rings. The molecule has 5 unspecified atom stereocenters. The Balaban J connectivity index is 2.83. The van der Waals surface area contributed by atoms with E-state index in [-0.39, 0.29) is 75.6 Å². The SMILES string of the molecule is CC(CC(C)(C)C(CC(C)(C)C)N1CCCC1=O)C(=O)OCC(O)COC(CC(C)(C)C(C)(C)C(O)CC(C)(C)C)C(C)(C)C. The van der Waals surface area contributed by atoms with Gasteiger partial charge in [0.15, 0.2) is 0 Å². The molecule has 0 radical (unpaired) electrons. The molecule has 45 heavy (non-hydrogen) atoms. The number of aliphatic hydroxyl groups excluding tert-OH is 2. The van der Waals surface area contributed by atoms with Crippen LogP contribution in [0.1, 0.15) is 149 Å². The number of likely N-dealkylation sites (tertiary alicyclic amines) is 1. The number of carbonyl (C=O) groups is 2. The van der Waals surface area contributed by atoms with Crippen molar-refractivity contribution >= 4 is 11.9 Å². The minimum Gasteiger partial charge on any atom is -0.463 e. The average molecular weight is 640 g/mol. The average Bonchev–Trinajstić information content (AvgIpc) is 3.25. The van der Waals surface area contributed by atoms with Gasteiger partial charge in [-0.05, 0) is 64.6 Å². The number of ether oxygens (including phenoxy) is 2. The van der Waals surface area contributed by atoms with E-state index in [4.69, 9.17) is 9.47 Å². The first-order valence-corrected chi connectivity index (χ1v) is 17.4. The van der Waals surface area contributed by atoms with Gasteiger partial charge in [0.1, 0.15) is 12.7 Å². The lowest BCUT2D eigenvalue weighted by Gasteiger charge is -2.49. The molecule has 0 aromatic heterocycles. The van der Waals surface area contributed by atoms with Gasteiger partial charge in [-0.15, -0.1) is 0 Å². The molecule has 1 aliphatic heterocycles. The molecule has 1 amide bonds. The molecule has 0 aromatic carbocycles. The first-order chi connectivity index (χ1) is 20.0. The van der Waals surface area contributed by atoms with Gasteiger partial charge in [0, 0.05) is 19.0 Å². The van der Waals surface area contributed by atoms with Crippen molar-refractivity contribution in [2.24, 2.45) is 38.4 Å². The summed E-state index contributed by atoms with van der Waals surface area (Å²) in [4.78, 5) is 27.8. The maximum atomic E-state index is 13.1. The van der Waals surface area contributed by atoms with Crippen LogP contribution in [-0.2, 0) is 19.1 Å². The van der Waals surface area contributed by atoms with Crippen LogP contribution in [0.5, 0.6) is 0 Å². The molecule has 0 aromatic rings. The summed E-state index contributed by atoms with van der Waals surface area (Å²) in [6, 6.07) is 0.0416. The van der Waals surface area contributed by atoms with Crippen LogP contribution in [0.4, 0.5) is 0 Å². The monoisotopic (exact) mass is 640 g/mol. The van der Waals surface area contributed by atoms with Crippen LogP contribution in [0, 0.1) is 38.4 Å². The summed E-state index contributed by atoms with van der Waals surface area (Å²) in [7, 11) is 0. The molecule has 0 spiro atoms. The van der Waals surface area contributed by atoms with Crippen LogP contribution < -0.4 is 0 Å². The van der Waals surface area contributed by atoms with E-state index in [1.165, 1.54) is 0 Å². The summed E-state index contributed by atoms with van der Waals surface area (Å²) in [6.07, 6.45) is 2.75. The third-order valence-corrected chi connectivity index (χ3v) is 10.4. The standard InChI is InChI=1S/C38H73NO6/c1-26(20-36(11,12)28(21-33(2,3)4)39-19-17-18-31(39)42)32(43)45-25-27(40)24-44-30(35(8,9)10)23-37(13,14)38(15,16)29(41)22-34(5,6)7/h26-30,40-41H,17-25H2,1-16H3. The fourth-order valence-corrected chi connectivity index (χ4v) is 6.62. The van der Waals surface area contributed by atoms with Crippen LogP contribution in [0.15, 0.2) is 0 Å². The maximum Gasteiger partial charge on any atom is 0.308 e. The molecule has 2 N–H and O–H groups in total.